The molecule has 4 aromatic rings. The van der Waals surface area contributed by atoms with Gasteiger partial charge in [0, 0.05) is 61.8 Å². The fourth-order valence-electron chi connectivity index (χ4n) is 4.09. The summed E-state index contributed by atoms with van der Waals surface area (Å²) in [4.78, 5) is 23.4. The standard InChI is InChI=1S/C24H24N6O2/c1-29-14-19(12-26-29)24(31)30-8-7-20(15-30)27-21-10-18(11-25-13-21)16-3-5-22-17(9-16)4-6-23(28-22)32-2/h3-6,9-14,20,27H,7-8,15H2,1-2H3. The van der Waals surface area contributed by atoms with Gasteiger partial charge in [-0.3, -0.25) is 14.5 Å². The van der Waals surface area contributed by atoms with Crippen LogP contribution in [0, 0.1) is 0 Å². The van der Waals surface area contributed by atoms with Crippen molar-refractivity contribution >= 4 is 22.5 Å². The molecule has 32 heavy (non-hydrogen) atoms. The van der Waals surface area contributed by atoms with Crippen LogP contribution in [0.5, 0.6) is 5.88 Å². The fourth-order valence-corrected chi connectivity index (χ4v) is 4.09. The smallest absolute Gasteiger partial charge is 0.257 e. The third kappa shape index (κ3) is 3.99. The van der Waals surface area contributed by atoms with E-state index in [1.807, 2.05) is 48.6 Å². The van der Waals surface area contributed by atoms with Crippen LogP contribution in [-0.2, 0) is 7.05 Å². The summed E-state index contributed by atoms with van der Waals surface area (Å²) in [6.07, 6.45) is 7.94. The van der Waals surface area contributed by atoms with Gasteiger partial charge in [0.05, 0.1) is 30.1 Å². The van der Waals surface area contributed by atoms with Gasteiger partial charge in [0.2, 0.25) is 5.88 Å². The second kappa shape index (κ2) is 8.30. The molecule has 1 N–H and O–H groups in total. The van der Waals surface area contributed by atoms with Gasteiger partial charge < -0.3 is 15.0 Å². The molecule has 1 atom stereocenters. The van der Waals surface area contributed by atoms with E-state index in [0.29, 0.717) is 18.0 Å². The summed E-state index contributed by atoms with van der Waals surface area (Å²) in [6.45, 7) is 1.38. The molecule has 1 aliphatic heterocycles. The number of carbonyl (C=O) groups is 1. The first-order valence-corrected chi connectivity index (χ1v) is 10.5. The molecule has 1 aromatic carbocycles. The van der Waals surface area contributed by atoms with Crippen LogP contribution in [0.1, 0.15) is 16.8 Å². The van der Waals surface area contributed by atoms with E-state index in [2.05, 4.69) is 32.5 Å². The van der Waals surface area contributed by atoms with E-state index in [9.17, 15) is 4.79 Å². The Morgan fingerprint density at radius 1 is 1.12 bits per heavy atom. The monoisotopic (exact) mass is 428 g/mol. The van der Waals surface area contributed by atoms with Crippen LogP contribution in [0.4, 0.5) is 5.69 Å². The first-order chi connectivity index (χ1) is 15.6. The predicted octanol–water partition coefficient (Wildman–Crippen LogP) is 3.37. The van der Waals surface area contributed by atoms with E-state index in [-0.39, 0.29) is 11.9 Å². The highest BCUT2D eigenvalue weighted by atomic mass is 16.5. The number of aryl methyl sites for hydroxylation is 1. The lowest BCUT2D eigenvalue weighted by atomic mass is 10.0. The number of nitrogens with zero attached hydrogens (tertiary/aromatic N) is 5. The molecule has 0 aliphatic carbocycles. The number of hydrogen-bond donors (Lipinski definition) is 1. The van der Waals surface area contributed by atoms with E-state index in [1.54, 1.807) is 24.2 Å². The van der Waals surface area contributed by atoms with Crippen molar-refractivity contribution in [3.05, 3.63) is 66.7 Å². The van der Waals surface area contributed by atoms with E-state index in [0.717, 1.165) is 40.7 Å². The Morgan fingerprint density at radius 2 is 2.03 bits per heavy atom. The maximum Gasteiger partial charge on any atom is 0.257 e. The van der Waals surface area contributed by atoms with Crippen molar-refractivity contribution in [2.24, 2.45) is 7.05 Å². The normalized spacial score (nSPS) is 15.8. The van der Waals surface area contributed by atoms with Gasteiger partial charge in [-0.1, -0.05) is 6.07 Å². The minimum atomic E-state index is 0.0238. The number of amides is 1. The Kier molecular flexibility index (Phi) is 5.18. The molecule has 0 radical (unpaired) electrons. The minimum Gasteiger partial charge on any atom is -0.481 e. The highest BCUT2D eigenvalue weighted by Gasteiger charge is 2.27. The number of fused-ring (bicyclic) bond motifs is 1. The van der Waals surface area contributed by atoms with Gasteiger partial charge in [0.1, 0.15) is 0 Å². The zero-order valence-electron chi connectivity index (χ0n) is 18.0. The lowest BCUT2D eigenvalue weighted by Gasteiger charge is -2.17. The summed E-state index contributed by atoms with van der Waals surface area (Å²) in [7, 11) is 3.43. The van der Waals surface area contributed by atoms with Gasteiger partial charge >= 0.3 is 0 Å². The van der Waals surface area contributed by atoms with Crippen molar-refractivity contribution in [1.82, 2.24) is 24.6 Å². The van der Waals surface area contributed by atoms with Crippen molar-refractivity contribution in [3.63, 3.8) is 0 Å². The summed E-state index contributed by atoms with van der Waals surface area (Å²) < 4.78 is 6.85. The first-order valence-electron chi connectivity index (χ1n) is 10.5. The van der Waals surface area contributed by atoms with Gasteiger partial charge in [-0.25, -0.2) is 4.98 Å². The number of hydrogen-bond acceptors (Lipinski definition) is 6. The predicted molar refractivity (Wildman–Crippen MR) is 123 cm³/mol. The van der Waals surface area contributed by atoms with Crippen LogP contribution in [0.25, 0.3) is 22.0 Å². The second-order valence-corrected chi connectivity index (χ2v) is 8.01. The maximum atomic E-state index is 12.7. The summed E-state index contributed by atoms with van der Waals surface area (Å²) in [5.74, 6) is 0.626. The number of carbonyl (C=O) groups excluding carboxylic acids is 1. The van der Waals surface area contributed by atoms with Gasteiger partial charge in [0.25, 0.3) is 5.91 Å². The van der Waals surface area contributed by atoms with Crippen molar-refractivity contribution in [2.75, 3.05) is 25.5 Å². The molecule has 0 bridgehead atoms. The quantitative estimate of drug-likeness (QED) is 0.525. The summed E-state index contributed by atoms with van der Waals surface area (Å²) in [6, 6.07) is 12.3. The Balaban J connectivity index is 1.29. The van der Waals surface area contributed by atoms with E-state index in [1.165, 1.54) is 0 Å². The van der Waals surface area contributed by atoms with Gasteiger partial charge in [0.15, 0.2) is 0 Å². The number of pyridine rings is 2. The van der Waals surface area contributed by atoms with Gasteiger partial charge in [-0.05, 0) is 36.2 Å². The molecule has 162 valence electrons. The van der Waals surface area contributed by atoms with Gasteiger partial charge in [-0.2, -0.15) is 5.10 Å². The lowest BCUT2D eigenvalue weighted by Crippen LogP contribution is -2.31. The molecule has 1 fully saturated rings. The summed E-state index contributed by atoms with van der Waals surface area (Å²) in [5, 5.41) is 8.68. The van der Waals surface area contributed by atoms with Crippen LogP contribution in [0.3, 0.4) is 0 Å². The molecule has 8 nitrogen and oxygen atoms in total. The Labute approximate surface area is 185 Å². The third-order valence-corrected chi connectivity index (χ3v) is 5.74. The number of aromatic nitrogens is 4. The molecule has 0 saturated carbocycles. The van der Waals surface area contributed by atoms with Crippen molar-refractivity contribution in [3.8, 4) is 17.0 Å². The Morgan fingerprint density at radius 3 is 2.84 bits per heavy atom. The minimum absolute atomic E-state index is 0.0238. The largest absolute Gasteiger partial charge is 0.481 e. The summed E-state index contributed by atoms with van der Waals surface area (Å²) >= 11 is 0. The number of nitrogens with one attached hydrogen (secondary N) is 1. The van der Waals surface area contributed by atoms with Crippen LogP contribution < -0.4 is 10.1 Å². The lowest BCUT2D eigenvalue weighted by molar-refractivity contribution is 0.0791. The average Bonchev–Trinajstić information content (AvgIpc) is 3.47. The second-order valence-electron chi connectivity index (χ2n) is 8.01. The van der Waals surface area contributed by atoms with Crippen molar-refractivity contribution in [2.45, 2.75) is 12.5 Å². The topological polar surface area (TPSA) is 85.2 Å². The molecule has 3 aromatic heterocycles. The maximum absolute atomic E-state index is 12.7. The van der Waals surface area contributed by atoms with E-state index >= 15 is 0 Å². The van der Waals surface area contributed by atoms with Crippen LogP contribution in [-0.4, -0.2) is 56.8 Å². The number of benzene rings is 1. The van der Waals surface area contributed by atoms with E-state index in [4.69, 9.17) is 4.74 Å². The molecule has 8 heteroatoms. The molecular formula is C24H24N6O2. The molecule has 4 heterocycles. The SMILES string of the molecule is COc1ccc2cc(-c3cncc(NC4CCN(C(=O)c5cnn(C)c5)C4)c3)ccc2n1. The highest BCUT2D eigenvalue weighted by molar-refractivity contribution is 5.94. The number of anilines is 1. The highest BCUT2D eigenvalue weighted by Crippen LogP contribution is 2.27. The molecule has 1 amide bonds. The van der Waals surface area contributed by atoms with Crippen molar-refractivity contribution < 1.29 is 9.53 Å². The molecule has 1 aliphatic rings. The zero-order valence-corrected chi connectivity index (χ0v) is 18.0. The van der Waals surface area contributed by atoms with Crippen LogP contribution in [0.15, 0.2) is 61.2 Å². The third-order valence-electron chi connectivity index (χ3n) is 5.74. The Bertz CT molecular complexity index is 1280. The van der Waals surface area contributed by atoms with Crippen LogP contribution >= 0.6 is 0 Å². The molecule has 1 saturated heterocycles. The number of rotatable bonds is 5. The number of methoxy groups -OCH3 is 1. The zero-order chi connectivity index (χ0) is 22.1. The summed E-state index contributed by atoms with van der Waals surface area (Å²) in [5.41, 5.74) is 4.55. The number of likely N-dealkylation sites (tertiary alicyclic amines) is 1. The van der Waals surface area contributed by atoms with E-state index < -0.39 is 0 Å². The molecular weight excluding hydrogens is 404 g/mol. The number of ether oxygens (including phenoxy) is 1. The molecule has 1 unspecified atom stereocenters. The average molecular weight is 428 g/mol. The van der Waals surface area contributed by atoms with Crippen molar-refractivity contribution in [1.29, 1.82) is 0 Å². The fraction of sp³-hybridized carbons (Fsp3) is 0.250. The Hall–Kier alpha value is -3.94. The molecule has 0 spiro atoms. The van der Waals surface area contributed by atoms with Crippen LogP contribution in [0.2, 0.25) is 0 Å². The molecule has 5 rings (SSSR count). The first kappa shape index (κ1) is 20.0. The van der Waals surface area contributed by atoms with Gasteiger partial charge in [-0.15, -0.1) is 0 Å².